The number of nitrogens with zero attached hydrogens (tertiary/aromatic N) is 3. The van der Waals surface area contributed by atoms with Crippen molar-refractivity contribution in [2.45, 2.75) is 31.8 Å². The van der Waals surface area contributed by atoms with Gasteiger partial charge >= 0.3 is 0 Å². The fraction of sp³-hybridized carbons (Fsp3) is 0.429. The maximum atomic E-state index is 4.60. The van der Waals surface area contributed by atoms with Crippen molar-refractivity contribution in [1.82, 2.24) is 20.1 Å². The lowest BCUT2D eigenvalue weighted by atomic mass is 10.0. The van der Waals surface area contributed by atoms with Crippen LogP contribution in [0.3, 0.4) is 0 Å². The summed E-state index contributed by atoms with van der Waals surface area (Å²) in [5.41, 5.74) is 2.06. The van der Waals surface area contributed by atoms with Gasteiger partial charge in [-0.3, -0.25) is 9.67 Å². The van der Waals surface area contributed by atoms with E-state index in [1.54, 1.807) is 6.20 Å². The predicted molar refractivity (Wildman–Crippen MR) is 71.1 cm³/mol. The molecule has 1 aliphatic rings. The van der Waals surface area contributed by atoms with Crippen LogP contribution in [-0.2, 0) is 6.54 Å². The van der Waals surface area contributed by atoms with E-state index in [2.05, 4.69) is 22.3 Å². The number of rotatable bonds is 3. The molecule has 18 heavy (non-hydrogen) atoms. The van der Waals surface area contributed by atoms with Gasteiger partial charge in [0.15, 0.2) is 0 Å². The summed E-state index contributed by atoms with van der Waals surface area (Å²) in [5, 5.41) is 8.16. The number of hydrogen-bond acceptors (Lipinski definition) is 3. The third kappa shape index (κ3) is 2.29. The number of aromatic nitrogens is 3. The summed E-state index contributed by atoms with van der Waals surface area (Å²) in [6.45, 7) is 4.30. The molecule has 1 aliphatic heterocycles. The molecule has 1 atom stereocenters. The Hall–Kier alpha value is -1.68. The molecule has 0 unspecified atom stereocenters. The van der Waals surface area contributed by atoms with E-state index in [1.165, 1.54) is 12.8 Å². The molecule has 1 N–H and O–H groups in total. The van der Waals surface area contributed by atoms with Crippen LogP contribution in [0.2, 0.25) is 0 Å². The van der Waals surface area contributed by atoms with E-state index in [9.17, 15) is 0 Å². The van der Waals surface area contributed by atoms with E-state index >= 15 is 0 Å². The van der Waals surface area contributed by atoms with Gasteiger partial charge in [-0.1, -0.05) is 6.07 Å². The lowest BCUT2D eigenvalue weighted by molar-refractivity contribution is 0.338. The van der Waals surface area contributed by atoms with E-state index < -0.39 is 0 Å². The van der Waals surface area contributed by atoms with Gasteiger partial charge in [0, 0.05) is 17.9 Å². The molecule has 1 saturated heterocycles. The van der Waals surface area contributed by atoms with Crippen molar-refractivity contribution in [3.63, 3.8) is 0 Å². The monoisotopic (exact) mass is 242 g/mol. The molecule has 94 valence electrons. The number of hydrogen-bond donors (Lipinski definition) is 1. The standard InChI is InChI=1S/C14H18N4/c1-14(7-4-9-16-14)11-18-10-6-13(17-18)12-5-2-3-8-15-12/h2-3,5-6,8,10,16H,4,7,9,11H2,1H3/t14-/m0/s1. The molecule has 2 aromatic heterocycles. The van der Waals surface area contributed by atoms with Crippen LogP contribution in [-0.4, -0.2) is 26.8 Å². The lowest BCUT2D eigenvalue weighted by Crippen LogP contribution is -2.40. The van der Waals surface area contributed by atoms with Crippen LogP contribution in [0.1, 0.15) is 19.8 Å². The van der Waals surface area contributed by atoms with E-state index in [1.807, 2.05) is 35.1 Å². The molecule has 0 aliphatic carbocycles. The van der Waals surface area contributed by atoms with Crippen molar-refractivity contribution in [2.24, 2.45) is 0 Å². The van der Waals surface area contributed by atoms with Gasteiger partial charge in [0.1, 0.15) is 5.69 Å². The van der Waals surface area contributed by atoms with Crippen LogP contribution in [0.5, 0.6) is 0 Å². The third-order valence-corrected chi connectivity index (χ3v) is 3.54. The second-order valence-corrected chi connectivity index (χ2v) is 5.20. The second kappa shape index (κ2) is 4.53. The molecule has 2 aromatic rings. The summed E-state index contributed by atoms with van der Waals surface area (Å²) in [6.07, 6.45) is 6.31. The van der Waals surface area contributed by atoms with Crippen molar-refractivity contribution in [3.8, 4) is 11.4 Å². The van der Waals surface area contributed by atoms with Gasteiger partial charge in [0.05, 0.1) is 12.2 Å². The van der Waals surface area contributed by atoms with Crippen LogP contribution in [0.15, 0.2) is 36.7 Å². The normalized spacial score (nSPS) is 23.4. The van der Waals surface area contributed by atoms with Gasteiger partial charge in [0.25, 0.3) is 0 Å². The molecule has 3 rings (SSSR count). The van der Waals surface area contributed by atoms with E-state index in [-0.39, 0.29) is 5.54 Å². The highest BCUT2D eigenvalue weighted by molar-refractivity contribution is 5.52. The summed E-state index contributed by atoms with van der Waals surface area (Å²) in [5.74, 6) is 0. The molecule has 4 heteroatoms. The average molecular weight is 242 g/mol. The Kier molecular flexibility index (Phi) is 2.88. The third-order valence-electron chi connectivity index (χ3n) is 3.54. The predicted octanol–water partition coefficient (Wildman–Crippen LogP) is 2.09. The van der Waals surface area contributed by atoms with Crippen molar-refractivity contribution in [1.29, 1.82) is 0 Å². The molecule has 0 amide bonds. The fourth-order valence-corrected chi connectivity index (χ4v) is 2.55. The minimum atomic E-state index is 0.188. The van der Waals surface area contributed by atoms with E-state index in [4.69, 9.17) is 0 Å². The molecule has 1 fully saturated rings. The molecular weight excluding hydrogens is 224 g/mol. The Bertz CT molecular complexity index is 512. The zero-order chi connectivity index (χ0) is 12.4. The molecule has 4 nitrogen and oxygen atoms in total. The zero-order valence-corrected chi connectivity index (χ0v) is 10.6. The molecule has 0 aromatic carbocycles. The first-order chi connectivity index (χ1) is 8.75. The minimum absolute atomic E-state index is 0.188. The Morgan fingerprint density at radius 2 is 2.28 bits per heavy atom. The summed E-state index contributed by atoms with van der Waals surface area (Å²) < 4.78 is 2.02. The van der Waals surface area contributed by atoms with Crippen LogP contribution in [0, 0.1) is 0 Å². The van der Waals surface area contributed by atoms with Gasteiger partial charge in [-0.15, -0.1) is 0 Å². The van der Waals surface area contributed by atoms with Crippen LogP contribution >= 0.6 is 0 Å². The molecule has 0 saturated carbocycles. The maximum Gasteiger partial charge on any atom is 0.111 e. The quantitative estimate of drug-likeness (QED) is 0.896. The van der Waals surface area contributed by atoms with E-state index in [0.29, 0.717) is 0 Å². The molecule has 0 radical (unpaired) electrons. The Labute approximate surface area is 107 Å². The first-order valence-electron chi connectivity index (χ1n) is 6.45. The first-order valence-corrected chi connectivity index (χ1v) is 6.45. The Balaban J connectivity index is 1.78. The highest BCUT2D eigenvalue weighted by Gasteiger charge is 2.28. The van der Waals surface area contributed by atoms with Crippen molar-refractivity contribution >= 4 is 0 Å². The number of pyridine rings is 1. The second-order valence-electron chi connectivity index (χ2n) is 5.20. The maximum absolute atomic E-state index is 4.60. The van der Waals surface area contributed by atoms with Gasteiger partial charge in [-0.2, -0.15) is 5.10 Å². The minimum Gasteiger partial charge on any atom is -0.310 e. The smallest absolute Gasteiger partial charge is 0.111 e. The summed E-state index contributed by atoms with van der Waals surface area (Å²) in [6, 6.07) is 7.92. The lowest BCUT2D eigenvalue weighted by Gasteiger charge is -2.23. The highest BCUT2D eigenvalue weighted by Crippen LogP contribution is 2.21. The SMILES string of the molecule is C[C@@]1(Cn2ccc(-c3ccccn3)n2)CCCN1. The zero-order valence-electron chi connectivity index (χ0n) is 10.6. The Morgan fingerprint density at radius 3 is 3.00 bits per heavy atom. The molecular formula is C14H18N4. The Morgan fingerprint density at radius 1 is 1.33 bits per heavy atom. The fourth-order valence-electron chi connectivity index (χ4n) is 2.55. The highest BCUT2D eigenvalue weighted by atomic mass is 15.3. The van der Waals surface area contributed by atoms with Gasteiger partial charge < -0.3 is 5.32 Å². The van der Waals surface area contributed by atoms with Crippen LogP contribution in [0.25, 0.3) is 11.4 Å². The summed E-state index contributed by atoms with van der Waals surface area (Å²) in [7, 11) is 0. The van der Waals surface area contributed by atoms with Crippen LogP contribution < -0.4 is 5.32 Å². The van der Waals surface area contributed by atoms with Crippen molar-refractivity contribution in [2.75, 3.05) is 6.54 Å². The molecule has 3 heterocycles. The van der Waals surface area contributed by atoms with Gasteiger partial charge in [-0.05, 0) is 44.5 Å². The largest absolute Gasteiger partial charge is 0.310 e. The van der Waals surface area contributed by atoms with Crippen molar-refractivity contribution in [3.05, 3.63) is 36.7 Å². The van der Waals surface area contributed by atoms with Gasteiger partial charge in [0.2, 0.25) is 0 Å². The van der Waals surface area contributed by atoms with Crippen molar-refractivity contribution < 1.29 is 0 Å². The summed E-state index contributed by atoms with van der Waals surface area (Å²) >= 11 is 0. The topological polar surface area (TPSA) is 42.7 Å². The molecule has 0 spiro atoms. The molecule has 0 bridgehead atoms. The van der Waals surface area contributed by atoms with Crippen LogP contribution in [0.4, 0.5) is 0 Å². The average Bonchev–Trinajstić information content (AvgIpc) is 3.00. The number of nitrogens with one attached hydrogen (secondary N) is 1. The van der Waals surface area contributed by atoms with E-state index in [0.717, 1.165) is 24.5 Å². The summed E-state index contributed by atoms with van der Waals surface area (Å²) in [4.78, 5) is 4.32. The van der Waals surface area contributed by atoms with Gasteiger partial charge in [-0.25, -0.2) is 0 Å². The first kappa shape index (κ1) is 11.4.